The molecule has 0 aliphatic heterocycles. The van der Waals surface area contributed by atoms with Crippen LogP contribution in [0.1, 0.15) is 22.6 Å². The van der Waals surface area contributed by atoms with E-state index in [2.05, 4.69) is 9.97 Å². The predicted molar refractivity (Wildman–Crippen MR) is 62.4 cm³/mol. The second kappa shape index (κ2) is 4.31. The minimum Gasteiger partial charge on any atom is -0.508 e. The van der Waals surface area contributed by atoms with Crippen molar-refractivity contribution in [3.63, 3.8) is 0 Å². The zero-order chi connectivity index (χ0) is 11.5. The van der Waals surface area contributed by atoms with Crippen molar-refractivity contribution in [3.05, 3.63) is 53.1 Å². The zero-order valence-electron chi connectivity index (χ0n) is 9.44. The number of nitrogens with zero attached hydrogens (tertiary/aromatic N) is 2. The summed E-state index contributed by atoms with van der Waals surface area (Å²) in [6.45, 7) is 3.91. The summed E-state index contributed by atoms with van der Waals surface area (Å²) in [5.41, 5.74) is 4.01. The van der Waals surface area contributed by atoms with Crippen molar-refractivity contribution >= 4 is 0 Å². The summed E-state index contributed by atoms with van der Waals surface area (Å²) in [7, 11) is 0. The first-order valence-electron chi connectivity index (χ1n) is 5.22. The quantitative estimate of drug-likeness (QED) is 0.834. The van der Waals surface area contributed by atoms with E-state index in [-0.39, 0.29) is 5.75 Å². The van der Waals surface area contributed by atoms with E-state index < -0.39 is 0 Å². The number of phenols is 1. The summed E-state index contributed by atoms with van der Waals surface area (Å²) in [5.74, 6) is 0.287. The Bertz CT molecular complexity index is 492. The molecule has 82 valence electrons. The van der Waals surface area contributed by atoms with Crippen molar-refractivity contribution in [2.45, 2.75) is 20.3 Å². The van der Waals surface area contributed by atoms with Crippen LogP contribution >= 0.6 is 0 Å². The first-order chi connectivity index (χ1) is 7.65. The van der Waals surface area contributed by atoms with Crippen molar-refractivity contribution in [1.82, 2.24) is 9.97 Å². The first kappa shape index (κ1) is 10.6. The molecule has 0 saturated carbocycles. The third-order valence-corrected chi connectivity index (χ3v) is 2.56. The zero-order valence-corrected chi connectivity index (χ0v) is 9.44. The molecule has 0 fully saturated rings. The lowest BCUT2D eigenvalue weighted by Crippen LogP contribution is -1.98. The SMILES string of the molecule is Cc1ncc(Cc2ccc(O)cc2)nc1C. The molecule has 0 saturated heterocycles. The van der Waals surface area contributed by atoms with Crippen LogP contribution in [-0.2, 0) is 6.42 Å². The molecule has 0 unspecified atom stereocenters. The third kappa shape index (κ3) is 2.37. The maximum absolute atomic E-state index is 9.18. The molecular formula is C13H14N2O. The van der Waals surface area contributed by atoms with Crippen LogP contribution in [0, 0.1) is 13.8 Å². The first-order valence-corrected chi connectivity index (χ1v) is 5.22. The molecule has 0 radical (unpaired) electrons. The molecule has 0 spiro atoms. The van der Waals surface area contributed by atoms with Gasteiger partial charge in [-0.3, -0.25) is 9.97 Å². The molecule has 1 aromatic carbocycles. The number of hydrogen-bond donors (Lipinski definition) is 1. The summed E-state index contributed by atoms with van der Waals surface area (Å²) >= 11 is 0. The van der Waals surface area contributed by atoms with E-state index in [4.69, 9.17) is 0 Å². The summed E-state index contributed by atoms with van der Waals surface area (Å²) in [6.07, 6.45) is 2.55. The Balaban J connectivity index is 2.20. The van der Waals surface area contributed by atoms with Gasteiger partial charge in [0.25, 0.3) is 0 Å². The number of aromatic hydroxyl groups is 1. The number of benzene rings is 1. The molecule has 1 N–H and O–H groups in total. The van der Waals surface area contributed by atoms with Gasteiger partial charge in [-0.1, -0.05) is 12.1 Å². The highest BCUT2D eigenvalue weighted by molar-refractivity contribution is 5.28. The molecule has 0 bridgehead atoms. The third-order valence-electron chi connectivity index (χ3n) is 2.56. The molecule has 3 nitrogen and oxygen atoms in total. The van der Waals surface area contributed by atoms with Crippen LogP contribution in [0.2, 0.25) is 0 Å². The minimum absolute atomic E-state index is 0.287. The highest BCUT2D eigenvalue weighted by atomic mass is 16.3. The van der Waals surface area contributed by atoms with E-state index in [0.717, 1.165) is 29.1 Å². The molecule has 0 aliphatic rings. The fourth-order valence-electron chi connectivity index (χ4n) is 1.50. The van der Waals surface area contributed by atoms with Crippen molar-refractivity contribution < 1.29 is 5.11 Å². The van der Waals surface area contributed by atoms with E-state index >= 15 is 0 Å². The van der Waals surface area contributed by atoms with E-state index in [1.165, 1.54) is 0 Å². The van der Waals surface area contributed by atoms with Gasteiger partial charge < -0.3 is 5.11 Å². The molecule has 16 heavy (non-hydrogen) atoms. The van der Waals surface area contributed by atoms with E-state index in [1.807, 2.05) is 26.0 Å². The molecule has 3 heteroatoms. The number of phenolic OH excluding ortho intramolecular Hbond substituents is 1. The molecule has 0 atom stereocenters. The van der Waals surface area contributed by atoms with Gasteiger partial charge in [0, 0.05) is 12.6 Å². The smallest absolute Gasteiger partial charge is 0.115 e. The van der Waals surface area contributed by atoms with Gasteiger partial charge in [0.1, 0.15) is 5.75 Å². The molecule has 0 aliphatic carbocycles. The van der Waals surface area contributed by atoms with Crippen LogP contribution in [0.3, 0.4) is 0 Å². The molecule has 1 heterocycles. The number of rotatable bonds is 2. The Morgan fingerprint density at radius 1 is 1.06 bits per heavy atom. The molecule has 0 amide bonds. The number of hydrogen-bond acceptors (Lipinski definition) is 3. The van der Waals surface area contributed by atoms with Gasteiger partial charge in [-0.05, 0) is 31.5 Å². The normalized spacial score (nSPS) is 10.4. The van der Waals surface area contributed by atoms with E-state index in [9.17, 15) is 5.11 Å². The lowest BCUT2D eigenvalue weighted by Gasteiger charge is -2.04. The predicted octanol–water partition coefficient (Wildman–Crippen LogP) is 2.39. The maximum Gasteiger partial charge on any atom is 0.115 e. The van der Waals surface area contributed by atoms with Crippen molar-refractivity contribution in [2.75, 3.05) is 0 Å². The van der Waals surface area contributed by atoms with Gasteiger partial charge in [0.2, 0.25) is 0 Å². The average Bonchev–Trinajstić information content (AvgIpc) is 2.27. The molecule has 2 aromatic rings. The second-order valence-corrected chi connectivity index (χ2v) is 3.88. The van der Waals surface area contributed by atoms with Gasteiger partial charge in [-0.15, -0.1) is 0 Å². The Morgan fingerprint density at radius 3 is 2.38 bits per heavy atom. The largest absolute Gasteiger partial charge is 0.508 e. The fourth-order valence-corrected chi connectivity index (χ4v) is 1.50. The highest BCUT2D eigenvalue weighted by Gasteiger charge is 2.01. The van der Waals surface area contributed by atoms with Crippen LogP contribution in [0.5, 0.6) is 5.75 Å². The number of aryl methyl sites for hydroxylation is 2. The van der Waals surface area contributed by atoms with Crippen LogP contribution in [0.25, 0.3) is 0 Å². The summed E-state index contributed by atoms with van der Waals surface area (Å²) in [4.78, 5) is 8.75. The monoisotopic (exact) mass is 214 g/mol. The topological polar surface area (TPSA) is 46.0 Å². The summed E-state index contributed by atoms with van der Waals surface area (Å²) in [6, 6.07) is 7.16. The molecule has 1 aromatic heterocycles. The fraction of sp³-hybridized carbons (Fsp3) is 0.231. The van der Waals surface area contributed by atoms with Crippen molar-refractivity contribution in [3.8, 4) is 5.75 Å². The van der Waals surface area contributed by atoms with Crippen LogP contribution < -0.4 is 0 Å². The molecular weight excluding hydrogens is 200 g/mol. The van der Waals surface area contributed by atoms with Gasteiger partial charge in [0.05, 0.1) is 17.1 Å². The van der Waals surface area contributed by atoms with Gasteiger partial charge in [0.15, 0.2) is 0 Å². The second-order valence-electron chi connectivity index (χ2n) is 3.88. The standard InChI is InChI=1S/C13H14N2O/c1-9-10(2)15-12(8-14-9)7-11-3-5-13(16)6-4-11/h3-6,8,16H,7H2,1-2H3. The Hall–Kier alpha value is -1.90. The van der Waals surface area contributed by atoms with Gasteiger partial charge in [-0.25, -0.2) is 0 Å². The lowest BCUT2D eigenvalue weighted by atomic mass is 10.1. The Kier molecular flexibility index (Phi) is 2.86. The van der Waals surface area contributed by atoms with Gasteiger partial charge in [-0.2, -0.15) is 0 Å². The van der Waals surface area contributed by atoms with Crippen molar-refractivity contribution in [2.24, 2.45) is 0 Å². The number of aromatic nitrogens is 2. The minimum atomic E-state index is 0.287. The Labute approximate surface area is 94.8 Å². The van der Waals surface area contributed by atoms with Crippen LogP contribution in [-0.4, -0.2) is 15.1 Å². The highest BCUT2D eigenvalue weighted by Crippen LogP contribution is 2.13. The Morgan fingerprint density at radius 2 is 1.75 bits per heavy atom. The van der Waals surface area contributed by atoms with E-state index in [0.29, 0.717) is 0 Å². The summed E-state index contributed by atoms with van der Waals surface area (Å²) < 4.78 is 0. The van der Waals surface area contributed by atoms with Gasteiger partial charge >= 0.3 is 0 Å². The van der Waals surface area contributed by atoms with Crippen LogP contribution in [0.4, 0.5) is 0 Å². The lowest BCUT2D eigenvalue weighted by molar-refractivity contribution is 0.475. The maximum atomic E-state index is 9.18. The van der Waals surface area contributed by atoms with E-state index in [1.54, 1.807) is 18.3 Å². The average molecular weight is 214 g/mol. The molecule has 2 rings (SSSR count). The van der Waals surface area contributed by atoms with Crippen molar-refractivity contribution in [1.29, 1.82) is 0 Å². The summed E-state index contributed by atoms with van der Waals surface area (Å²) in [5, 5.41) is 9.18. The van der Waals surface area contributed by atoms with Crippen LogP contribution in [0.15, 0.2) is 30.5 Å².